The molecule has 0 amide bonds. The Bertz CT molecular complexity index is 270. The second-order valence-electron chi connectivity index (χ2n) is 3.55. The van der Waals surface area contributed by atoms with Crippen LogP contribution in [0.5, 0.6) is 0 Å². The van der Waals surface area contributed by atoms with Gasteiger partial charge in [0.25, 0.3) is 0 Å². The fourth-order valence-corrected chi connectivity index (χ4v) is 1.68. The molecule has 1 aliphatic heterocycles. The molecule has 14 heavy (non-hydrogen) atoms. The van der Waals surface area contributed by atoms with Gasteiger partial charge in [0, 0.05) is 18.3 Å². The van der Waals surface area contributed by atoms with E-state index in [0.717, 1.165) is 6.61 Å². The molecule has 1 aromatic rings. The van der Waals surface area contributed by atoms with Crippen LogP contribution in [0.3, 0.4) is 0 Å². The Balaban J connectivity index is 2.03. The molecule has 3 nitrogen and oxygen atoms in total. The van der Waals surface area contributed by atoms with Gasteiger partial charge in [-0.3, -0.25) is 4.98 Å². The van der Waals surface area contributed by atoms with Crippen molar-refractivity contribution in [1.82, 2.24) is 4.98 Å². The van der Waals surface area contributed by atoms with E-state index in [1.54, 1.807) is 0 Å². The molecule has 1 aromatic heterocycles. The summed E-state index contributed by atoms with van der Waals surface area (Å²) in [5.74, 6) is 0.373. The van der Waals surface area contributed by atoms with Crippen molar-refractivity contribution in [2.75, 3.05) is 19.8 Å². The lowest BCUT2D eigenvalue weighted by atomic mass is 9.96. The third-order valence-corrected chi connectivity index (χ3v) is 2.63. The largest absolute Gasteiger partial charge is 0.376 e. The lowest BCUT2D eigenvalue weighted by molar-refractivity contribution is -0.0961. The van der Waals surface area contributed by atoms with E-state index in [9.17, 15) is 0 Å². The molecule has 2 rings (SSSR count). The minimum atomic E-state index is 0.186. The Morgan fingerprint density at radius 1 is 1.36 bits per heavy atom. The Hall–Kier alpha value is -0.930. The first-order valence-electron chi connectivity index (χ1n) is 4.97. The summed E-state index contributed by atoms with van der Waals surface area (Å²) in [6.07, 6.45) is 3.82. The molecule has 3 heteroatoms. The van der Waals surface area contributed by atoms with E-state index in [1.807, 2.05) is 24.5 Å². The van der Waals surface area contributed by atoms with Crippen LogP contribution in [0, 0.1) is 0 Å². The van der Waals surface area contributed by atoms with Crippen LogP contribution in [0.1, 0.15) is 18.4 Å². The van der Waals surface area contributed by atoms with Crippen LogP contribution >= 0.6 is 0 Å². The molecular weight excluding hydrogens is 178 g/mol. The Labute approximate surface area is 84.1 Å². The molecule has 0 aromatic carbocycles. The molecule has 1 saturated heterocycles. The average Bonchev–Trinajstić information content (AvgIpc) is 2.30. The highest BCUT2D eigenvalue weighted by atomic mass is 16.6. The van der Waals surface area contributed by atoms with E-state index in [4.69, 9.17) is 9.47 Å². The van der Waals surface area contributed by atoms with Gasteiger partial charge in [-0.05, 0) is 17.7 Å². The summed E-state index contributed by atoms with van der Waals surface area (Å²) >= 11 is 0. The smallest absolute Gasteiger partial charge is 0.0875 e. The summed E-state index contributed by atoms with van der Waals surface area (Å²) in [6.45, 7) is 4.29. The molecule has 2 unspecified atom stereocenters. The molecule has 1 fully saturated rings. The summed E-state index contributed by atoms with van der Waals surface area (Å²) in [7, 11) is 0. The number of rotatable bonds is 2. The third kappa shape index (κ3) is 2.11. The standard InChI is InChI=1S/C11H15NO2/c1-9(10-2-4-12-5-3-10)11-8-13-6-7-14-11/h2-5,9,11H,6-8H2,1H3. The van der Waals surface area contributed by atoms with Crippen molar-refractivity contribution in [3.63, 3.8) is 0 Å². The molecule has 2 heterocycles. The van der Waals surface area contributed by atoms with Crippen LogP contribution in [-0.4, -0.2) is 30.9 Å². The molecule has 0 saturated carbocycles. The van der Waals surface area contributed by atoms with Crippen LogP contribution in [-0.2, 0) is 9.47 Å². The molecule has 0 N–H and O–H groups in total. The maximum atomic E-state index is 5.65. The van der Waals surface area contributed by atoms with Crippen LogP contribution in [0.25, 0.3) is 0 Å². The highest BCUT2D eigenvalue weighted by molar-refractivity contribution is 5.16. The van der Waals surface area contributed by atoms with E-state index < -0.39 is 0 Å². The van der Waals surface area contributed by atoms with E-state index in [2.05, 4.69) is 11.9 Å². The van der Waals surface area contributed by atoms with Crippen LogP contribution in [0.2, 0.25) is 0 Å². The Morgan fingerprint density at radius 2 is 2.14 bits per heavy atom. The SMILES string of the molecule is CC(c1ccncc1)C1COCCO1. The highest BCUT2D eigenvalue weighted by Gasteiger charge is 2.22. The van der Waals surface area contributed by atoms with Crippen LogP contribution in [0.15, 0.2) is 24.5 Å². The first kappa shape index (κ1) is 9.62. The van der Waals surface area contributed by atoms with Crippen LogP contribution in [0.4, 0.5) is 0 Å². The van der Waals surface area contributed by atoms with Crippen molar-refractivity contribution in [3.8, 4) is 0 Å². The van der Waals surface area contributed by atoms with Crippen molar-refractivity contribution in [3.05, 3.63) is 30.1 Å². The summed E-state index contributed by atoms with van der Waals surface area (Å²) in [6, 6.07) is 4.06. The minimum absolute atomic E-state index is 0.186. The second kappa shape index (κ2) is 4.53. The summed E-state index contributed by atoms with van der Waals surface area (Å²) in [4.78, 5) is 4.00. The first-order valence-corrected chi connectivity index (χ1v) is 4.97. The van der Waals surface area contributed by atoms with Gasteiger partial charge in [-0.25, -0.2) is 0 Å². The average molecular weight is 193 g/mol. The molecule has 76 valence electrons. The van der Waals surface area contributed by atoms with Gasteiger partial charge in [-0.15, -0.1) is 0 Å². The third-order valence-electron chi connectivity index (χ3n) is 2.63. The Kier molecular flexibility index (Phi) is 3.11. The summed E-state index contributed by atoms with van der Waals surface area (Å²) in [5.41, 5.74) is 1.26. The number of hydrogen-bond acceptors (Lipinski definition) is 3. The Morgan fingerprint density at radius 3 is 2.79 bits per heavy atom. The zero-order chi connectivity index (χ0) is 9.80. The van der Waals surface area contributed by atoms with Crippen molar-refractivity contribution in [2.45, 2.75) is 18.9 Å². The maximum absolute atomic E-state index is 5.65. The predicted octanol–water partition coefficient (Wildman–Crippen LogP) is 1.60. The van der Waals surface area contributed by atoms with Gasteiger partial charge in [-0.1, -0.05) is 6.92 Å². The lowest BCUT2D eigenvalue weighted by Crippen LogP contribution is -2.32. The second-order valence-corrected chi connectivity index (χ2v) is 3.55. The zero-order valence-corrected chi connectivity index (χ0v) is 8.35. The van der Waals surface area contributed by atoms with Gasteiger partial charge >= 0.3 is 0 Å². The minimum Gasteiger partial charge on any atom is -0.376 e. The normalized spacial score (nSPS) is 24.5. The number of ether oxygens (including phenoxy) is 2. The van der Waals surface area contributed by atoms with Gasteiger partial charge in [0.05, 0.1) is 25.9 Å². The van der Waals surface area contributed by atoms with Crippen molar-refractivity contribution < 1.29 is 9.47 Å². The number of nitrogens with zero attached hydrogens (tertiary/aromatic N) is 1. The topological polar surface area (TPSA) is 31.4 Å². The van der Waals surface area contributed by atoms with E-state index in [0.29, 0.717) is 19.1 Å². The van der Waals surface area contributed by atoms with E-state index in [1.165, 1.54) is 5.56 Å². The fourth-order valence-electron chi connectivity index (χ4n) is 1.68. The van der Waals surface area contributed by atoms with Gasteiger partial charge in [0.1, 0.15) is 0 Å². The van der Waals surface area contributed by atoms with E-state index in [-0.39, 0.29) is 6.10 Å². The van der Waals surface area contributed by atoms with Crippen molar-refractivity contribution in [2.24, 2.45) is 0 Å². The highest BCUT2D eigenvalue weighted by Crippen LogP contribution is 2.22. The summed E-state index contributed by atoms with van der Waals surface area (Å²) < 4.78 is 11.0. The maximum Gasteiger partial charge on any atom is 0.0875 e. The first-order chi connectivity index (χ1) is 6.88. The van der Waals surface area contributed by atoms with E-state index >= 15 is 0 Å². The molecule has 0 spiro atoms. The van der Waals surface area contributed by atoms with Crippen molar-refractivity contribution in [1.29, 1.82) is 0 Å². The molecule has 1 aliphatic rings. The molecule has 0 aliphatic carbocycles. The molecule has 0 radical (unpaired) electrons. The molecule has 2 atom stereocenters. The van der Waals surface area contributed by atoms with Gasteiger partial charge in [0.2, 0.25) is 0 Å². The van der Waals surface area contributed by atoms with Crippen molar-refractivity contribution >= 4 is 0 Å². The quantitative estimate of drug-likeness (QED) is 0.715. The monoisotopic (exact) mass is 193 g/mol. The zero-order valence-electron chi connectivity index (χ0n) is 8.35. The van der Waals surface area contributed by atoms with Gasteiger partial charge < -0.3 is 9.47 Å². The molecular formula is C11H15NO2. The number of pyridine rings is 1. The summed E-state index contributed by atoms with van der Waals surface area (Å²) in [5, 5.41) is 0. The van der Waals surface area contributed by atoms with Crippen LogP contribution < -0.4 is 0 Å². The number of hydrogen-bond donors (Lipinski definition) is 0. The predicted molar refractivity (Wildman–Crippen MR) is 53.2 cm³/mol. The molecule has 0 bridgehead atoms. The van der Waals surface area contributed by atoms with Gasteiger partial charge in [0.15, 0.2) is 0 Å². The lowest BCUT2D eigenvalue weighted by Gasteiger charge is -2.28. The van der Waals surface area contributed by atoms with Gasteiger partial charge in [-0.2, -0.15) is 0 Å². The number of aromatic nitrogens is 1. The fraction of sp³-hybridized carbons (Fsp3) is 0.545.